The van der Waals surface area contributed by atoms with Crippen LogP contribution in [0.2, 0.25) is 0 Å². The maximum Gasteiger partial charge on any atom is 0.308 e. The van der Waals surface area contributed by atoms with Crippen molar-refractivity contribution in [1.29, 1.82) is 0 Å². The van der Waals surface area contributed by atoms with Gasteiger partial charge in [0.2, 0.25) is 12.1 Å². The first-order valence-corrected chi connectivity index (χ1v) is 19.7. The van der Waals surface area contributed by atoms with Gasteiger partial charge in [0.05, 0.1) is 38.0 Å². The Balaban J connectivity index is 1.58. The van der Waals surface area contributed by atoms with Crippen LogP contribution in [-0.4, -0.2) is 116 Å². The van der Waals surface area contributed by atoms with E-state index in [9.17, 15) is 54.9 Å². The normalized spacial score (nSPS) is 19.0. The molecule has 18 heteroatoms. The minimum absolute atomic E-state index is 0.0329. The highest BCUT2D eigenvalue weighted by atomic mass is 16.7. The van der Waals surface area contributed by atoms with E-state index in [2.05, 4.69) is 4.99 Å². The van der Waals surface area contributed by atoms with Gasteiger partial charge in [-0.25, -0.2) is 0 Å². The molecule has 0 amide bonds. The molecular weight excluding hydrogens is 823 g/mol. The fraction of sp³-hybridized carbons (Fsp3) is 0.311. The van der Waals surface area contributed by atoms with Crippen LogP contribution in [0.15, 0.2) is 59.6 Å². The number of rotatable bonds is 16. The smallest absolute Gasteiger partial charge is 0.308 e. The zero-order chi connectivity index (χ0) is 45.7. The van der Waals surface area contributed by atoms with Crippen LogP contribution in [0.1, 0.15) is 95.0 Å². The third-order valence-electron chi connectivity index (χ3n) is 10.7. The van der Waals surface area contributed by atoms with Crippen LogP contribution in [0.25, 0.3) is 12.2 Å². The Bertz CT molecular complexity index is 2490. The molecule has 1 saturated heterocycles. The molecule has 1 aliphatic heterocycles. The van der Waals surface area contributed by atoms with Gasteiger partial charge in [0.15, 0.2) is 29.9 Å². The van der Waals surface area contributed by atoms with Gasteiger partial charge in [0.25, 0.3) is 0 Å². The van der Waals surface area contributed by atoms with Gasteiger partial charge in [-0.3, -0.25) is 24.2 Å². The molecule has 18 nitrogen and oxygen atoms in total. The average molecular weight is 870 g/mol. The van der Waals surface area contributed by atoms with Crippen molar-refractivity contribution in [2.24, 2.45) is 16.5 Å². The van der Waals surface area contributed by atoms with E-state index < -0.39 is 78.0 Å². The number of aliphatic hydroxyl groups excluding tert-OH is 4. The molecule has 11 N–H and O–H groups in total. The van der Waals surface area contributed by atoms with Crippen molar-refractivity contribution in [2.75, 3.05) is 19.8 Å². The molecule has 332 valence electrons. The molecule has 1 heterocycles. The Kier molecular flexibility index (Phi) is 14.2. The number of phenolic OH excluding ortho intramolecular Hbond substituents is 1. The summed E-state index contributed by atoms with van der Waals surface area (Å²) in [5, 5.41) is 75.4. The lowest BCUT2D eigenvalue weighted by atomic mass is 9.77. The minimum atomic E-state index is -3.03. The van der Waals surface area contributed by atoms with Crippen molar-refractivity contribution in [1.82, 2.24) is 0 Å². The lowest BCUT2D eigenvalue weighted by molar-refractivity contribution is -0.378. The monoisotopic (exact) mass is 869 g/mol. The van der Waals surface area contributed by atoms with Gasteiger partial charge in [-0.1, -0.05) is 48.5 Å². The van der Waals surface area contributed by atoms with Gasteiger partial charge in [-0.05, 0) is 59.4 Å². The summed E-state index contributed by atoms with van der Waals surface area (Å²) >= 11 is 0. The molecule has 0 bridgehead atoms. The number of carbonyl (C=O) groups is 4. The van der Waals surface area contributed by atoms with E-state index in [0.717, 1.165) is 18.6 Å². The van der Waals surface area contributed by atoms with E-state index in [1.54, 1.807) is 30.3 Å². The van der Waals surface area contributed by atoms with Gasteiger partial charge in [0, 0.05) is 53.3 Å². The molecule has 4 aromatic rings. The zero-order valence-electron chi connectivity index (χ0n) is 34.2. The molecule has 0 radical (unpaired) electrons. The zero-order valence-corrected chi connectivity index (χ0v) is 34.2. The van der Waals surface area contributed by atoms with Crippen molar-refractivity contribution in [2.45, 2.75) is 70.3 Å². The molecule has 0 unspecified atom stereocenters. The molecule has 1 fully saturated rings. The third kappa shape index (κ3) is 9.38. The third-order valence-corrected chi connectivity index (χ3v) is 10.7. The molecule has 63 heavy (non-hydrogen) atoms. The predicted octanol–water partition coefficient (Wildman–Crippen LogP) is 1.01. The van der Waals surface area contributed by atoms with E-state index in [4.69, 9.17) is 30.4 Å². The number of guanidine groups is 1. The maximum atomic E-state index is 15.0. The molecule has 0 saturated carbocycles. The second kappa shape index (κ2) is 19.4. The van der Waals surface area contributed by atoms with Crippen LogP contribution in [0.5, 0.6) is 17.2 Å². The molecule has 0 spiro atoms. The lowest BCUT2D eigenvalue weighted by Gasteiger charge is -2.45. The number of nitrogens with two attached hydrogens (primary N) is 2. The lowest BCUT2D eigenvalue weighted by Crippen LogP contribution is -2.67. The fourth-order valence-corrected chi connectivity index (χ4v) is 7.68. The van der Waals surface area contributed by atoms with E-state index in [1.165, 1.54) is 31.2 Å². The van der Waals surface area contributed by atoms with Crippen molar-refractivity contribution in [3.63, 3.8) is 0 Å². The number of aliphatic imine (C=N–C) groups is 1. The van der Waals surface area contributed by atoms with Gasteiger partial charge in [-0.2, -0.15) is 0 Å². The van der Waals surface area contributed by atoms with E-state index in [1.807, 2.05) is 6.07 Å². The molecule has 1 aliphatic carbocycles. The molecular formula is C45H47N3O15. The number of ketones is 2. The number of benzene rings is 4. The topological polar surface area (TPSA) is 311 Å². The van der Waals surface area contributed by atoms with E-state index in [0.29, 0.717) is 18.3 Å². The number of hydrogen-bond donors (Lipinski definition) is 9. The number of hydrogen-bond acceptors (Lipinski definition) is 16. The van der Waals surface area contributed by atoms with Crippen LogP contribution in [0.4, 0.5) is 0 Å². The highest BCUT2D eigenvalue weighted by molar-refractivity contribution is 6.31. The highest BCUT2D eigenvalue weighted by Gasteiger charge is 2.56. The van der Waals surface area contributed by atoms with Crippen LogP contribution in [0.3, 0.4) is 0 Å². The van der Waals surface area contributed by atoms with Crippen molar-refractivity contribution < 1.29 is 73.9 Å². The highest BCUT2D eigenvalue weighted by Crippen LogP contribution is 2.46. The van der Waals surface area contributed by atoms with E-state index in [-0.39, 0.29) is 88.1 Å². The first-order valence-electron chi connectivity index (χ1n) is 19.7. The van der Waals surface area contributed by atoms with Gasteiger partial charge in [0.1, 0.15) is 23.4 Å². The maximum absolute atomic E-state index is 15.0. The predicted molar refractivity (Wildman–Crippen MR) is 224 cm³/mol. The number of aliphatic hydroxyl groups is 6. The molecule has 4 aromatic carbocycles. The molecule has 6 rings (SSSR count). The Hall–Kier alpha value is -6.35. The second-order valence-corrected chi connectivity index (χ2v) is 14.9. The number of esters is 1. The number of aromatic hydroxyl groups is 1. The molecule has 2 aliphatic rings. The summed E-state index contributed by atoms with van der Waals surface area (Å²) in [6.45, 7) is 0.487. The largest absolute Gasteiger partial charge is 0.507 e. The summed E-state index contributed by atoms with van der Waals surface area (Å²) in [5.41, 5.74) is 10.9. The summed E-state index contributed by atoms with van der Waals surface area (Å²) in [5.74, 6) is -7.25. The number of aldehydes is 1. The Morgan fingerprint density at radius 2 is 1.62 bits per heavy atom. The summed E-state index contributed by atoms with van der Waals surface area (Å²) in [6, 6.07) is 14.0. The van der Waals surface area contributed by atoms with Gasteiger partial charge in [-0.15, -0.1) is 0 Å². The number of carbonyl (C=O) groups excluding carboxylic acids is 4. The van der Waals surface area contributed by atoms with Crippen LogP contribution in [0, 0.1) is 0 Å². The van der Waals surface area contributed by atoms with Crippen LogP contribution in [-0.2, 0) is 40.3 Å². The van der Waals surface area contributed by atoms with Gasteiger partial charge >= 0.3 is 5.97 Å². The number of phenols is 1. The molecule has 0 aromatic heterocycles. The first-order chi connectivity index (χ1) is 30.0. The summed E-state index contributed by atoms with van der Waals surface area (Å²) in [6.07, 6.45) is -3.47. The van der Waals surface area contributed by atoms with Crippen molar-refractivity contribution >= 4 is 41.9 Å². The van der Waals surface area contributed by atoms with Gasteiger partial charge < -0.3 is 66.2 Å². The summed E-state index contributed by atoms with van der Waals surface area (Å²) in [4.78, 5) is 58.3. The Morgan fingerprint density at radius 1 is 0.905 bits per heavy atom. The second-order valence-electron chi connectivity index (χ2n) is 14.9. The van der Waals surface area contributed by atoms with Crippen molar-refractivity contribution in [3.8, 4) is 17.2 Å². The standard InChI is InChI=1S/C45H47N3O15/c1-22-41(57)45(58,59)42(60-14-12-48-44(46)47)43(61-22)63-34-18-31-37(38(54)30(34)16-26-7-4-8-27(19-50)32(26)21-52)40(56)35-28(20-51)17-33(62-23(2)53)29(36(35)39(31)55)10-9-24-5-3-6-25(15-24)11-13-49/h3-10,15,17-18,21-22,41-43,49-51,54,57-59H,11-14,16,19-20H2,1-2H3,(H4,46,47,48)/b10-9-/t22-,41+,42-,43+/m0/s1. The van der Waals surface area contributed by atoms with Crippen LogP contribution < -0.4 is 20.9 Å². The Labute approximate surface area is 360 Å². The molecule has 4 atom stereocenters. The van der Waals surface area contributed by atoms with E-state index >= 15 is 0 Å². The number of fused-ring (bicyclic) bond motifs is 2. The first kappa shape index (κ1) is 46.2. The number of ether oxygens (including phenoxy) is 4. The minimum Gasteiger partial charge on any atom is -0.507 e. The SMILES string of the molecule is CC(=O)Oc1cc(CO)c2c(c1/C=C\c1cccc(CCO)c1)C(=O)c1cc(O[C@H]3O[C@@H](C)[C@@H](O)C(O)(O)[C@H]3OCCN=C(N)N)c(Cc3cccc(CO)c3C=O)c(O)c1C2=O. The summed E-state index contributed by atoms with van der Waals surface area (Å²) in [7, 11) is 0. The average Bonchev–Trinajstić information content (AvgIpc) is 3.24. The number of nitrogens with zero attached hydrogens (tertiary/aromatic N) is 1. The summed E-state index contributed by atoms with van der Waals surface area (Å²) < 4.78 is 23.4. The van der Waals surface area contributed by atoms with Crippen molar-refractivity contribution in [3.05, 3.63) is 121 Å². The fourth-order valence-electron chi connectivity index (χ4n) is 7.68. The van der Waals surface area contributed by atoms with Crippen LogP contribution >= 0.6 is 0 Å². The Morgan fingerprint density at radius 3 is 2.29 bits per heavy atom. The quantitative estimate of drug-likeness (QED) is 0.00977.